The Hall–Kier alpha value is -1.31. The number of allylic oxidation sites excluding steroid dienone is 4. The molecular weight excluding hydrogens is 200 g/mol. The number of hydrogen-bond donors (Lipinski definition) is 0. The normalized spacial score (nSPS) is 13.1. The van der Waals surface area contributed by atoms with Crippen molar-refractivity contribution < 1.29 is 9.53 Å². The summed E-state index contributed by atoms with van der Waals surface area (Å²) in [6.07, 6.45) is 12.5. The van der Waals surface area contributed by atoms with Gasteiger partial charge in [-0.25, -0.2) is 4.79 Å². The molecule has 0 aliphatic rings. The number of unbranched alkanes of at least 4 members (excludes halogenated alkanes) is 1. The lowest BCUT2D eigenvalue weighted by Crippen LogP contribution is -2.00. The average Bonchev–Trinajstić information content (AvgIpc) is 2.26. The van der Waals surface area contributed by atoms with Crippen molar-refractivity contribution in [3.8, 4) is 0 Å². The van der Waals surface area contributed by atoms with Crippen molar-refractivity contribution in [1.29, 1.82) is 0 Å². The molecule has 0 aliphatic heterocycles. The smallest absolute Gasteiger partial charge is 0.330 e. The summed E-state index contributed by atoms with van der Waals surface area (Å²) in [6.45, 7) is 7.96. The van der Waals surface area contributed by atoms with Gasteiger partial charge in [-0.15, -0.1) is 0 Å². The molecule has 0 saturated heterocycles. The number of carbonyl (C=O) groups is 1. The van der Waals surface area contributed by atoms with Gasteiger partial charge in [-0.1, -0.05) is 37.8 Å². The Morgan fingerprint density at radius 2 is 2.25 bits per heavy atom. The van der Waals surface area contributed by atoms with E-state index in [1.54, 1.807) is 13.0 Å². The third-order valence-corrected chi connectivity index (χ3v) is 2.15. The first-order valence-corrected chi connectivity index (χ1v) is 5.83. The largest absolute Gasteiger partial charge is 0.463 e. The van der Waals surface area contributed by atoms with E-state index in [1.807, 2.05) is 12.2 Å². The minimum absolute atomic E-state index is 0.249. The summed E-state index contributed by atoms with van der Waals surface area (Å²) in [5.41, 5.74) is 0. The van der Waals surface area contributed by atoms with Crippen LogP contribution in [0, 0.1) is 5.92 Å². The molecule has 0 amide bonds. The standard InChI is InChI=1S/C14H22O2/c1-4-6-7-8-9-10-13(3)11-12-14(15)16-5-2/h4,6-7,11-13H,1,5,8-10H2,2-3H3/b7-6+,12-11+. The zero-order chi connectivity index (χ0) is 12.2. The predicted octanol–water partition coefficient (Wildman–Crippen LogP) is 3.65. The monoisotopic (exact) mass is 222 g/mol. The lowest BCUT2D eigenvalue weighted by atomic mass is 10.0. The Bertz CT molecular complexity index is 251. The molecule has 1 atom stereocenters. The maximum Gasteiger partial charge on any atom is 0.330 e. The van der Waals surface area contributed by atoms with E-state index in [2.05, 4.69) is 19.6 Å². The zero-order valence-corrected chi connectivity index (χ0v) is 10.3. The van der Waals surface area contributed by atoms with Crippen molar-refractivity contribution in [1.82, 2.24) is 0 Å². The molecule has 0 rings (SSSR count). The van der Waals surface area contributed by atoms with Gasteiger partial charge in [0.25, 0.3) is 0 Å². The molecule has 0 aliphatic carbocycles. The SMILES string of the molecule is C=C/C=C/CCCC(C)/C=C/C(=O)OCC. The number of carbonyl (C=O) groups excluding carboxylic acids is 1. The third kappa shape index (κ3) is 9.25. The highest BCUT2D eigenvalue weighted by Crippen LogP contribution is 2.09. The molecule has 0 aromatic carbocycles. The molecular formula is C14H22O2. The topological polar surface area (TPSA) is 26.3 Å². The lowest BCUT2D eigenvalue weighted by molar-refractivity contribution is -0.137. The van der Waals surface area contributed by atoms with Crippen molar-refractivity contribution in [2.24, 2.45) is 5.92 Å². The first-order valence-electron chi connectivity index (χ1n) is 5.83. The summed E-state index contributed by atoms with van der Waals surface area (Å²) in [5, 5.41) is 0. The summed E-state index contributed by atoms with van der Waals surface area (Å²) in [6, 6.07) is 0. The molecule has 0 heterocycles. The maximum absolute atomic E-state index is 11.0. The molecule has 16 heavy (non-hydrogen) atoms. The van der Waals surface area contributed by atoms with Crippen LogP contribution in [0.1, 0.15) is 33.1 Å². The predicted molar refractivity (Wildman–Crippen MR) is 68.1 cm³/mol. The summed E-state index contributed by atoms with van der Waals surface area (Å²) in [5.74, 6) is 0.169. The van der Waals surface area contributed by atoms with E-state index < -0.39 is 0 Å². The summed E-state index contributed by atoms with van der Waals surface area (Å²) in [7, 11) is 0. The van der Waals surface area contributed by atoms with Crippen LogP contribution in [-0.4, -0.2) is 12.6 Å². The van der Waals surface area contributed by atoms with Gasteiger partial charge in [-0.05, 0) is 32.1 Å². The fourth-order valence-electron chi connectivity index (χ4n) is 1.28. The van der Waals surface area contributed by atoms with Crippen LogP contribution < -0.4 is 0 Å². The highest BCUT2D eigenvalue weighted by Gasteiger charge is 1.98. The minimum Gasteiger partial charge on any atom is -0.463 e. The molecule has 2 nitrogen and oxygen atoms in total. The molecule has 0 fully saturated rings. The van der Waals surface area contributed by atoms with Gasteiger partial charge in [-0.3, -0.25) is 0 Å². The van der Waals surface area contributed by atoms with Crippen LogP contribution in [0.25, 0.3) is 0 Å². The van der Waals surface area contributed by atoms with E-state index in [-0.39, 0.29) is 5.97 Å². The van der Waals surface area contributed by atoms with E-state index in [4.69, 9.17) is 4.74 Å². The Morgan fingerprint density at radius 3 is 2.88 bits per heavy atom. The van der Waals surface area contributed by atoms with Gasteiger partial charge in [0.1, 0.15) is 0 Å². The van der Waals surface area contributed by atoms with E-state index >= 15 is 0 Å². The van der Waals surface area contributed by atoms with Crippen molar-refractivity contribution >= 4 is 5.97 Å². The van der Waals surface area contributed by atoms with Gasteiger partial charge >= 0.3 is 5.97 Å². The number of esters is 1. The van der Waals surface area contributed by atoms with Gasteiger partial charge in [0, 0.05) is 6.08 Å². The number of hydrogen-bond acceptors (Lipinski definition) is 2. The second kappa shape index (κ2) is 10.2. The van der Waals surface area contributed by atoms with Crippen molar-refractivity contribution in [2.75, 3.05) is 6.61 Å². The quantitative estimate of drug-likeness (QED) is 0.271. The van der Waals surface area contributed by atoms with Crippen LogP contribution in [0.3, 0.4) is 0 Å². The van der Waals surface area contributed by atoms with Gasteiger partial charge in [0.05, 0.1) is 6.61 Å². The Balaban J connectivity index is 3.64. The van der Waals surface area contributed by atoms with Crippen LogP contribution in [0.4, 0.5) is 0 Å². The Labute approximate surface area is 98.7 Å². The molecule has 1 unspecified atom stereocenters. The lowest BCUT2D eigenvalue weighted by Gasteiger charge is -2.03. The van der Waals surface area contributed by atoms with E-state index in [9.17, 15) is 4.79 Å². The second-order valence-electron chi connectivity index (χ2n) is 3.68. The molecule has 0 saturated carbocycles. The van der Waals surface area contributed by atoms with E-state index in [0.717, 1.165) is 19.3 Å². The molecule has 0 aromatic heterocycles. The van der Waals surface area contributed by atoms with Crippen molar-refractivity contribution in [3.63, 3.8) is 0 Å². The first-order chi connectivity index (χ1) is 7.70. The first kappa shape index (κ1) is 14.7. The highest BCUT2D eigenvalue weighted by molar-refractivity contribution is 5.81. The summed E-state index contributed by atoms with van der Waals surface area (Å²) >= 11 is 0. The molecule has 2 heteroatoms. The average molecular weight is 222 g/mol. The van der Waals surface area contributed by atoms with Crippen LogP contribution in [-0.2, 0) is 9.53 Å². The molecule has 0 N–H and O–H groups in total. The van der Waals surface area contributed by atoms with E-state index in [0.29, 0.717) is 12.5 Å². The van der Waals surface area contributed by atoms with Crippen LogP contribution in [0.2, 0.25) is 0 Å². The van der Waals surface area contributed by atoms with E-state index in [1.165, 1.54) is 6.08 Å². The second-order valence-corrected chi connectivity index (χ2v) is 3.68. The molecule has 0 radical (unpaired) electrons. The van der Waals surface area contributed by atoms with Crippen LogP contribution >= 0.6 is 0 Å². The van der Waals surface area contributed by atoms with Crippen molar-refractivity contribution in [2.45, 2.75) is 33.1 Å². The molecule has 0 spiro atoms. The van der Waals surface area contributed by atoms with Crippen LogP contribution in [0.15, 0.2) is 37.0 Å². The fourth-order valence-corrected chi connectivity index (χ4v) is 1.28. The number of rotatable bonds is 8. The van der Waals surface area contributed by atoms with Crippen LogP contribution in [0.5, 0.6) is 0 Å². The molecule has 90 valence electrons. The Morgan fingerprint density at radius 1 is 1.50 bits per heavy atom. The zero-order valence-electron chi connectivity index (χ0n) is 10.3. The Kier molecular flexibility index (Phi) is 9.38. The molecule has 0 bridgehead atoms. The maximum atomic E-state index is 11.0. The molecule has 0 aromatic rings. The van der Waals surface area contributed by atoms with Gasteiger partial charge in [0.2, 0.25) is 0 Å². The third-order valence-electron chi connectivity index (χ3n) is 2.15. The highest BCUT2D eigenvalue weighted by atomic mass is 16.5. The van der Waals surface area contributed by atoms with Gasteiger partial charge < -0.3 is 4.74 Å². The van der Waals surface area contributed by atoms with Gasteiger partial charge in [-0.2, -0.15) is 0 Å². The van der Waals surface area contributed by atoms with Gasteiger partial charge in [0.15, 0.2) is 0 Å². The summed E-state index contributed by atoms with van der Waals surface area (Å²) < 4.78 is 4.80. The van der Waals surface area contributed by atoms with Crippen molar-refractivity contribution in [3.05, 3.63) is 37.0 Å². The summed E-state index contributed by atoms with van der Waals surface area (Å²) in [4.78, 5) is 11.0. The number of ether oxygens (including phenoxy) is 1. The fraction of sp³-hybridized carbons (Fsp3) is 0.500. The minimum atomic E-state index is -0.249.